The molecule has 0 spiro atoms. The summed E-state index contributed by atoms with van der Waals surface area (Å²) >= 11 is 0. The second-order valence-corrected chi connectivity index (χ2v) is 6.12. The summed E-state index contributed by atoms with van der Waals surface area (Å²) in [5, 5.41) is 3.25. The Morgan fingerprint density at radius 2 is 2.00 bits per heavy atom. The maximum atomic E-state index is 11.8. The molecule has 1 aliphatic heterocycles. The zero-order valence-corrected chi connectivity index (χ0v) is 13.9. The molecule has 126 valence electrons. The van der Waals surface area contributed by atoms with Crippen LogP contribution in [0.1, 0.15) is 30.1 Å². The van der Waals surface area contributed by atoms with Crippen LogP contribution in [0.25, 0.3) is 0 Å². The minimum atomic E-state index is 0.0120. The van der Waals surface area contributed by atoms with E-state index in [0.29, 0.717) is 6.54 Å². The molecule has 2 aromatic heterocycles. The van der Waals surface area contributed by atoms with E-state index < -0.39 is 0 Å². The Morgan fingerprint density at radius 3 is 2.75 bits per heavy atom. The number of hydrogen-bond donors (Lipinski definition) is 2. The number of pyridine rings is 2. The summed E-state index contributed by atoms with van der Waals surface area (Å²) < 4.78 is 0. The first-order valence-electron chi connectivity index (χ1n) is 8.31. The smallest absolute Gasteiger partial charge is 0.236 e. The summed E-state index contributed by atoms with van der Waals surface area (Å²) in [5.74, 6) is 1.82. The van der Waals surface area contributed by atoms with Crippen molar-refractivity contribution in [3.8, 4) is 0 Å². The molecule has 1 saturated heterocycles. The molecule has 0 unspecified atom stereocenters. The number of hydrogen-bond acceptors (Lipinski definition) is 5. The molecule has 0 radical (unpaired) electrons. The predicted octanol–water partition coefficient (Wildman–Crippen LogP) is 2.19. The SMILES string of the molecule is Cc1cccc(Nc2cccc([C@@H]3CCCN(C(=O)CN)C3)n2)n1. The van der Waals surface area contributed by atoms with Crippen molar-refractivity contribution in [1.82, 2.24) is 14.9 Å². The van der Waals surface area contributed by atoms with Gasteiger partial charge in [0, 0.05) is 30.4 Å². The Morgan fingerprint density at radius 1 is 1.25 bits per heavy atom. The Balaban J connectivity index is 1.74. The number of rotatable bonds is 4. The van der Waals surface area contributed by atoms with Crippen molar-refractivity contribution in [1.29, 1.82) is 0 Å². The van der Waals surface area contributed by atoms with Crippen LogP contribution in [0.3, 0.4) is 0 Å². The van der Waals surface area contributed by atoms with Crippen LogP contribution in [0, 0.1) is 6.92 Å². The fourth-order valence-electron chi connectivity index (χ4n) is 3.07. The first kappa shape index (κ1) is 16.4. The van der Waals surface area contributed by atoms with Gasteiger partial charge >= 0.3 is 0 Å². The third kappa shape index (κ3) is 3.89. The van der Waals surface area contributed by atoms with Crippen LogP contribution < -0.4 is 11.1 Å². The fourth-order valence-corrected chi connectivity index (χ4v) is 3.07. The molecule has 0 aromatic carbocycles. The van der Waals surface area contributed by atoms with Crippen LogP contribution >= 0.6 is 0 Å². The number of aryl methyl sites for hydroxylation is 1. The topological polar surface area (TPSA) is 84.1 Å². The molecule has 1 atom stereocenters. The molecule has 3 N–H and O–H groups in total. The Labute approximate surface area is 142 Å². The number of carbonyl (C=O) groups is 1. The summed E-state index contributed by atoms with van der Waals surface area (Å²) in [6, 6.07) is 11.8. The number of aromatic nitrogens is 2. The average molecular weight is 325 g/mol. The van der Waals surface area contributed by atoms with Crippen LogP contribution in [0.5, 0.6) is 0 Å². The van der Waals surface area contributed by atoms with Crippen LogP contribution in [-0.2, 0) is 4.79 Å². The molecule has 0 bridgehead atoms. The zero-order valence-electron chi connectivity index (χ0n) is 13.9. The Bertz CT molecular complexity index is 718. The number of nitrogens with one attached hydrogen (secondary N) is 1. The van der Waals surface area contributed by atoms with Gasteiger partial charge in [0.15, 0.2) is 0 Å². The fraction of sp³-hybridized carbons (Fsp3) is 0.389. The largest absolute Gasteiger partial charge is 0.341 e. The maximum absolute atomic E-state index is 11.8. The van der Waals surface area contributed by atoms with Gasteiger partial charge in [-0.3, -0.25) is 4.79 Å². The van der Waals surface area contributed by atoms with Gasteiger partial charge in [-0.15, -0.1) is 0 Å². The summed E-state index contributed by atoms with van der Waals surface area (Å²) in [6.45, 7) is 3.51. The number of anilines is 2. The third-order valence-electron chi connectivity index (χ3n) is 4.28. The molecule has 24 heavy (non-hydrogen) atoms. The molecular formula is C18H23N5O. The first-order chi connectivity index (χ1) is 11.7. The number of piperidine rings is 1. The lowest BCUT2D eigenvalue weighted by Crippen LogP contribution is -2.42. The van der Waals surface area contributed by atoms with Gasteiger partial charge in [-0.2, -0.15) is 0 Å². The zero-order chi connectivity index (χ0) is 16.9. The summed E-state index contributed by atoms with van der Waals surface area (Å²) in [7, 11) is 0. The van der Waals surface area contributed by atoms with Gasteiger partial charge in [0.05, 0.1) is 6.54 Å². The minimum absolute atomic E-state index is 0.0120. The minimum Gasteiger partial charge on any atom is -0.341 e. The molecule has 3 rings (SSSR count). The van der Waals surface area contributed by atoms with Crippen molar-refractivity contribution in [3.63, 3.8) is 0 Å². The van der Waals surface area contributed by atoms with Crippen LogP contribution in [-0.4, -0.2) is 40.4 Å². The van der Waals surface area contributed by atoms with E-state index in [4.69, 9.17) is 10.7 Å². The monoisotopic (exact) mass is 325 g/mol. The van der Waals surface area contributed by atoms with E-state index >= 15 is 0 Å². The highest BCUT2D eigenvalue weighted by Crippen LogP contribution is 2.26. The molecule has 6 nitrogen and oxygen atoms in total. The highest BCUT2D eigenvalue weighted by atomic mass is 16.2. The lowest BCUT2D eigenvalue weighted by Gasteiger charge is -2.32. The lowest BCUT2D eigenvalue weighted by atomic mass is 9.94. The van der Waals surface area contributed by atoms with Crippen LogP contribution in [0.15, 0.2) is 36.4 Å². The van der Waals surface area contributed by atoms with Crippen molar-refractivity contribution >= 4 is 17.5 Å². The Kier molecular flexibility index (Phi) is 5.05. The molecular weight excluding hydrogens is 302 g/mol. The van der Waals surface area contributed by atoms with Gasteiger partial charge in [-0.05, 0) is 44.0 Å². The predicted molar refractivity (Wildman–Crippen MR) is 94.1 cm³/mol. The van der Waals surface area contributed by atoms with Gasteiger partial charge in [-0.1, -0.05) is 12.1 Å². The van der Waals surface area contributed by atoms with Crippen LogP contribution in [0.2, 0.25) is 0 Å². The third-order valence-corrected chi connectivity index (χ3v) is 4.28. The molecule has 6 heteroatoms. The highest BCUT2D eigenvalue weighted by Gasteiger charge is 2.24. The average Bonchev–Trinajstić information content (AvgIpc) is 2.61. The lowest BCUT2D eigenvalue weighted by molar-refractivity contribution is -0.130. The van der Waals surface area contributed by atoms with E-state index in [1.54, 1.807) is 0 Å². The molecule has 1 aliphatic rings. The van der Waals surface area contributed by atoms with Gasteiger partial charge in [0.2, 0.25) is 5.91 Å². The summed E-state index contributed by atoms with van der Waals surface area (Å²) in [6.07, 6.45) is 2.02. The second kappa shape index (κ2) is 7.40. The van der Waals surface area contributed by atoms with Crippen molar-refractivity contribution in [2.75, 3.05) is 25.0 Å². The molecule has 0 aliphatic carbocycles. The molecule has 0 saturated carbocycles. The number of nitrogens with zero attached hydrogens (tertiary/aromatic N) is 3. The maximum Gasteiger partial charge on any atom is 0.236 e. The van der Waals surface area contributed by atoms with Crippen molar-refractivity contribution in [2.24, 2.45) is 5.73 Å². The quantitative estimate of drug-likeness (QED) is 0.900. The number of likely N-dealkylation sites (tertiary alicyclic amines) is 1. The van der Waals surface area contributed by atoms with Crippen LogP contribution in [0.4, 0.5) is 11.6 Å². The summed E-state index contributed by atoms with van der Waals surface area (Å²) in [5.41, 5.74) is 7.45. The first-order valence-corrected chi connectivity index (χ1v) is 8.31. The van der Waals surface area contributed by atoms with E-state index in [1.807, 2.05) is 48.2 Å². The van der Waals surface area contributed by atoms with E-state index in [9.17, 15) is 4.79 Å². The molecule has 2 aromatic rings. The highest BCUT2D eigenvalue weighted by molar-refractivity contribution is 5.78. The molecule has 3 heterocycles. The van der Waals surface area contributed by atoms with E-state index in [0.717, 1.165) is 42.4 Å². The number of amides is 1. The van der Waals surface area contributed by atoms with Crippen molar-refractivity contribution < 1.29 is 4.79 Å². The Hall–Kier alpha value is -2.47. The van der Waals surface area contributed by atoms with E-state index in [1.165, 1.54) is 0 Å². The number of carbonyl (C=O) groups excluding carboxylic acids is 1. The van der Waals surface area contributed by atoms with Gasteiger partial charge in [-0.25, -0.2) is 9.97 Å². The van der Waals surface area contributed by atoms with Gasteiger partial charge in [0.25, 0.3) is 0 Å². The second-order valence-electron chi connectivity index (χ2n) is 6.12. The van der Waals surface area contributed by atoms with E-state index in [2.05, 4.69) is 10.3 Å². The van der Waals surface area contributed by atoms with Crippen molar-refractivity contribution in [2.45, 2.75) is 25.7 Å². The number of nitrogens with two attached hydrogens (primary N) is 1. The molecule has 1 amide bonds. The normalized spacial score (nSPS) is 17.6. The van der Waals surface area contributed by atoms with Gasteiger partial charge in [0.1, 0.15) is 11.6 Å². The van der Waals surface area contributed by atoms with Crippen molar-refractivity contribution in [3.05, 3.63) is 47.8 Å². The summed E-state index contributed by atoms with van der Waals surface area (Å²) in [4.78, 5) is 22.8. The van der Waals surface area contributed by atoms with Gasteiger partial charge < -0.3 is 16.0 Å². The molecule has 1 fully saturated rings. The standard InChI is InChI=1S/C18H23N5O/c1-13-5-2-8-16(20-13)22-17-9-3-7-15(21-17)14-6-4-10-23(12-14)18(24)11-19/h2-3,5,7-9,14H,4,6,10-12,19H2,1H3,(H,20,21,22)/t14-/m1/s1. The van der Waals surface area contributed by atoms with E-state index in [-0.39, 0.29) is 18.4 Å².